The lowest BCUT2D eigenvalue weighted by atomic mass is 10.2. The summed E-state index contributed by atoms with van der Waals surface area (Å²) in [7, 11) is 0. The van der Waals surface area contributed by atoms with Gasteiger partial charge in [0.25, 0.3) is 0 Å². The minimum absolute atomic E-state index is 0.584. The topological polar surface area (TPSA) is 43.8 Å². The molecule has 0 fully saturated rings. The van der Waals surface area contributed by atoms with E-state index in [2.05, 4.69) is 5.10 Å². The summed E-state index contributed by atoms with van der Waals surface area (Å²) >= 11 is 12.4. The van der Waals surface area contributed by atoms with Gasteiger partial charge in [-0.2, -0.15) is 5.10 Å². The van der Waals surface area contributed by atoms with Gasteiger partial charge in [-0.15, -0.1) is 0 Å². The first-order chi connectivity index (χ1) is 8.72. The molecule has 0 bridgehead atoms. The van der Waals surface area contributed by atoms with Crippen LogP contribution in [0.15, 0.2) is 30.5 Å². The maximum atomic E-state index is 6.28. The van der Waals surface area contributed by atoms with Gasteiger partial charge in [0.15, 0.2) is 0 Å². The van der Waals surface area contributed by atoms with Gasteiger partial charge in [-0.1, -0.05) is 41.4 Å². The van der Waals surface area contributed by atoms with Crippen LogP contribution in [0.4, 0.5) is 0 Å². The highest BCUT2D eigenvalue weighted by Gasteiger charge is 2.09. The molecule has 0 atom stereocenters. The van der Waals surface area contributed by atoms with Gasteiger partial charge in [-0.05, 0) is 31.0 Å². The van der Waals surface area contributed by atoms with E-state index in [1.165, 1.54) is 0 Å². The van der Waals surface area contributed by atoms with Crippen molar-refractivity contribution in [2.45, 2.75) is 19.4 Å². The average molecular weight is 284 g/mol. The van der Waals surface area contributed by atoms with Gasteiger partial charge in [0.2, 0.25) is 0 Å². The lowest BCUT2D eigenvalue weighted by Gasteiger charge is -2.06. The van der Waals surface area contributed by atoms with Gasteiger partial charge < -0.3 is 5.73 Å². The summed E-state index contributed by atoms with van der Waals surface area (Å²) in [5, 5.41) is 5.69. The molecule has 18 heavy (non-hydrogen) atoms. The molecule has 2 aromatic rings. The predicted octanol–water partition coefficient (Wildman–Crippen LogP) is 3.13. The van der Waals surface area contributed by atoms with E-state index in [0.717, 1.165) is 29.0 Å². The van der Waals surface area contributed by atoms with E-state index in [1.807, 2.05) is 24.3 Å². The minimum atomic E-state index is 0.584. The number of nitrogens with two attached hydrogens (primary N) is 1. The van der Waals surface area contributed by atoms with Gasteiger partial charge in [0.05, 0.1) is 12.7 Å². The van der Waals surface area contributed by atoms with Crippen LogP contribution in [0.3, 0.4) is 0 Å². The summed E-state index contributed by atoms with van der Waals surface area (Å²) in [5.41, 5.74) is 7.53. The molecular formula is C13H15Cl2N3. The Hall–Kier alpha value is -1.03. The smallest absolute Gasteiger partial charge is 0.130 e. The normalized spacial score (nSPS) is 10.8. The lowest BCUT2D eigenvalue weighted by Crippen LogP contribution is -2.03. The Balaban J connectivity index is 2.15. The predicted molar refractivity (Wildman–Crippen MR) is 75.2 cm³/mol. The van der Waals surface area contributed by atoms with Crippen LogP contribution < -0.4 is 5.73 Å². The van der Waals surface area contributed by atoms with Crippen LogP contribution in [-0.4, -0.2) is 16.3 Å². The maximum absolute atomic E-state index is 6.28. The number of aromatic nitrogens is 2. The fourth-order valence-corrected chi connectivity index (χ4v) is 2.21. The number of hydrogen-bond donors (Lipinski definition) is 1. The van der Waals surface area contributed by atoms with Crippen LogP contribution in [0.25, 0.3) is 0 Å². The molecule has 0 amide bonds. The fraction of sp³-hybridized carbons (Fsp3) is 0.308. The van der Waals surface area contributed by atoms with Crippen LogP contribution in [0, 0.1) is 0 Å². The van der Waals surface area contributed by atoms with Crippen molar-refractivity contribution >= 4 is 23.2 Å². The van der Waals surface area contributed by atoms with Crippen molar-refractivity contribution in [1.29, 1.82) is 0 Å². The van der Waals surface area contributed by atoms with Gasteiger partial charge in [-0.25, -0.2) is 4.68 Å². The third kappa shape index (κ3) is 3.05. The van der Waals surface area contributed by atoms with Crippen LogP contribution in [-0.2, 0) is 13.0 Å². The van der Waals surface area contributed by atoms with Crippen LogP contribution in [0.2, 0.25) is 10.2 Å². The molecule has 5 heteroatoms. The summed E-state index contributed by atoms with van der Waals surface area (Å²) < 4.78 is 1.76. The number of nitrogens with zero attached hydrogens (tertiary/aromatic N) is 2. The summed E-state index contributed by atoms with van der Waals surface area (Å²) in [6, 6.07) is 7.70. The second-order valence-electron chi connectivity index (χ2n) is 4.10. The Morgan fingerprint density at radius 3 is 2.67 bits per heavy atom. The Morgan fingerprint density at radius 1 is 1.17 bits per heavy atom. The van der Waals surface area contributed by atoms with Crippen molar-refractivity contribution in [2.75, 3.05) is 6.54 Å². The van der Waals surface area contributed by atoms with Gasteiger partial charge in [0.1, 0.15) is 5.15 Å². The average Bonchev–Trinajstić information content (AvgIpc) is 2.71. The summed E-state index contributed by atoms with van der Waals surface area (Å²) in [4.78, 5) is 0. The van der Waals surface area contributed by atoms with Crippen LogP contribution >= 0.6 is 23.2 Å². The second kappa shape index (κ2) is 6.23. The first-order valence-electron chi connectivity index (χ1n) is 5.86. The second-order valence-corrected chi connectivity index (χ2v) is 4.87. The van der Waals surface area contributed by atoms with Crippen LogP contribution in [0.5, 0.6) is 0 Å². The van der Waals surface area contributed by atoms with E-state index in [0.29, 0.717) is 18.2 Å². The molecule has 96 valence electrons. The van der Waals surface area contributed by atoms with E-state index in [-0.39, 0.29) is 0 Å². The number of halogens is 2. The molecular weight excluding hydrogens is 269 g/mol. The zero-order valence-corrected chi connectivity index (χ0v) is 11.5. The first kappa shape index (κ1) is 13.4. The third-order valence-electron chi connectivity index (χ3n) is 2.77. The van der Waals surface area contributed by atoms with E-state index >= 15 is 0 Å². The molecule has 1 aromatic carbocycles. The molecule has 0 unspecified atom stereocenters. The highest BCUT2D eigenvalue weighted by Crippen LogP contribution is 2.21. The molecule has 0 aliphatic rings. The third-order valence-corrected chi connectivity index (χ3v) is 3.58. The largest absolute Gasteiger partial charge is 0.330 e. The number of benzene rings is 1. The van der Waals surface area contributed by atoms with E-state index in [1.54, 1.807) is 10.9 Å². The first-order valence-corrected chi connectivity index (χ1v) is 6.61. The molecule has 1 aromatic heterocycles. The molecule has 0 spiro atoms. The standard InChI is InChI=1S/C13H15Cl2N3/c14-12-6-2-1-4-11(12)9-18-13(15)10(8-17-18)5-3-7-16/h1-2,4,6,8H,3,5,7,9,16H2. The minimum Gasteiger partial charge on any atom is -0.330 e. The molecule has 3 nitrogen and oxygen atoms in total. The Kier molecular flexibility index (Phi) is 4.64. The molecule has 0 aliphatic carbocycles. The van der Waals surface area contributed by atoms with Gasteiger partial charge in [0, 0.05) is 10.6 Å². The summed E-state index contributed by atoms with van der Waals surface area (Å²) in [5.74, 6) is 0. The van der Waals surface area contributed by atoms with Crippen molar-refractivity contribution in [3.05, 3.63) is 51.8 Å². The van der Waals surface area contributed by atoms with Crippen molar-refractivity contribution in [2.24, 2.45) is 5.73 Å². The fourth-order valence-electron chi connectivity index (χ4n) is 1.77. The van der Waals surface area contributed by atoms with E-state index in [4.69, 9.17) is 28.9 Å². The lowest BCUT2D eigenvalue weighted by molar-refractivity contribution is 0.686. The Morgan fingerprint density at radius 2 is 1.94 bits per heavy atom. The van der Waals surface area contributed by atoms with E-state index in [9.17, 15) is 0 Å². The number of rotatable bonds is 5. The quantitative estimate of drug-likeness (QED) is 0.916. The molecule has 2 rings (SSSR count). The summed E-state index contributed by atoms with van der Waals surface area (Å²) in [6.45, 7) is 1.24. The SMILES string of the molecule is NCCCc1cnn(Cc2ccccc2Cl)c1Cl. The zero-order valence-electron chi connectivity index (χ0n) is 9.94. The monoisotopic (exact) mass is 283 g/mol. The highest BCUT2D eigenvalue weighted by atomic mass is 35.5. The van der Waals surface area contributed by atoms with Gasteiger partial charge >= 0.3 is 0 Å². The number of aryl methyl sites for hydroxylation is 1. The molecule has 1 heterocycles. The van der Waals surface area contributed by atoms with Crippen molar-refractivity contribution in [3.8, 4) is 0 Å². The molecule has 2 N–H and O–H groups in total. The molecule has 0 aliphatic heterocycles. The molecule has 0 saturated carbocycles. The van der Waals surface area contributed by atoms with Crippen LogP contribution in [0.1, 0.15) is 17.5 Å². The Labute approximate surface area is 117 Å². The zero-order chi connectivity index (χ0) is 13.0. The maximum Gasteiger partial charge on any atom is 0.130 e. The van der Waals surface area contributed by atoms with Crippen molar-refractivity contribution < 1.29 is 0 Å². The van der Waals surface area contributed by atoms with Gasteiger partial charge in [-0.3, -0.25) is 0 Å². The molecule has 0 saturated heterocycles. The summed E-state index contributed by atoms with van der Waals surface area (Å²) in [6.07, 6.45) is 3.57. The molecule has 0 radical (unpaired) electrons. The van der Waals surface area contributed by atoms with Crippen molar-refractivity contribution in [1.82, 2.24) is 9.78 Å². The van der Waals surface area contributed by atoms with E-state index < -0.39 is 0 Å². The number of hydrogen-bond acceptors (Lipinski definition) is 2. The Bertz CT molecular complexity index is 523. The highest BCUT2D eigenvalue weighted by molar-refractivity contribution is 6.31. The van der Waals surface area contributed by atoms with Crippen molar-refractivity contribution in [3.63, 3.8) is 0 Å².